The lowest BCUT2D eigenvalue weighted by Crippen LogP contribution is -2.40. The lowest BCUT2D eigenvalue weighted by molar-refractivity contribution is -0.527. The molecule has 1 N–H and O–H groups in total. The van der Waals surface area contributed by atoms with Crippen LogP contribution in [-0.2, 0) is 0 Å². The number of rotatable bonds is 3. The maximum atomic E-state index is 11.9. The van der Waals surface area contributed by atoms with E-state index < -0.39 is 11.1 Å². The van der Waals surface area contributed by atoms with Crippen molar-refractivity contribution in [1.82, 2.24) is 5.43 Å². The van der Waals surface area contributed by atoms with Gasteiger partial charge in [-0.05, 0) is 29.7 Å². The molecule has 96 valence electrons. The lowest BCUT2D eigenvalue weighted by atomic mass is 10.2. The standard InChI is InChI=1S/C13H11N3O3/c17-13(14-16(18)19)15(11-7-3-1-4-8-11)12-9-5-2-6-10-12/h1-10H,(H,14,17). The van der Waals surface area contributed by atoms with Gasteiger partial charge < -0.3 is 0 Å². The number of amides is 2. The van der Waals surface area contributed by atoms with Crippen LogP contribution in [0.4, 0.5) is 16.2 Å². The Balaban J connectivity index is 2.40. The summed E-state index contributed by atoms with van der Waals surface area (Å²) in [5.41, 5.74) is 2.75. The van der Waals surface area contributed by atoms with Gasteiger partial charge in [0, 0.05) is 0 Å². The molecule has 2 rings (SSSR count). The van der Waals surface area contributed by atoms with E-state index in [4.69, 9.17) is 0 Å². The van der Waals surface area contributed by atoms with Crippen LogP contribution in [-0.4, -0.2) is 11.1 Å². The first kappa shape index (κ1) is 12.6. The van der Waals surface area contributed by atoms with E-state index in [2.05, 4.69) is 0 Å². The maximum Gasteiger partial charge on any atom is 0.384 e. The molecule has 0 fully saturated rings. The average molecular weight is 257 g/mol. The molecule has 0 heterocycles. The zero-order chi connectivity index (χ0) is 13.7. The van der Waals surface area contributed by atoms with Gasteiger partial charge in [0.1, 0.15) is 0 Å². The van der Waals surface area contributed by atoms with Crippen LogP contribution in [0.3, 0.4) is 0 Å². The zero-order valence-electron chi connectivity index (χ0n) is 9.89. The summed E-state index contributed by atoms with van der Waals surface area (Å²) in [6.45, 7) is 0. The molecule has 0 saturated heterocycles. The van der Waals surface area contributed by atoms with E-state index in [0.29, 0.717) is 11.4 Å². The molecule has 19 heavy (non-hydrogen) atoms. The Morgan fingerprint density at radius 1 is 0.947 bits per heavy atom. The van der Waals surface area contributed by atoms with Gasteiger partial charge in [-0.3, -0.25) is 4.90 Å². The number of urea groups is 1. The molecule has 0 aliphatic rings. The number of carbonyl (C=O) groups is 1. The van der Waals surface area contributed by atoms with Gasteiger partial charge in [-0.15, -0.1) is 0 Å². The van der Waals surface area contributed by atoms with Gasteiger partial charge in [0.05, 0.1) is 11.4 Å². The Morgan fingerprint density at radius 2 is 1.37 bits per heavy atom. The number of benzene rings is 2. The summed E-state index contributed by atoms with van der Waals surface area (Å²) < 4.78 is 0. The van der Waals surface area contributed by atoms with Crippen molar-refractivity contribution >= 4 is 17.4 Å². The highest BCUT2D eigenvalue weighted by Gasteiger charge is 2.21. The number of para-hydroxylation sites is 2. The fourth-order valence-corrected chi connectivity index (χ4v) is 1.67. The molecule has 0 aliphatic carbocycles. The highest BCUT2D eigenvalue weighted by Crippen LogP contribution is 2.24. The monoisotopic (exact) mass is 257 g/mol. The van der Waals surface area contributed by atoms with Crippen molar-refractivity contribution < 1.29 is 9.83 Å². The molecule has 0 aromatic heterocycles. The topological polar surface area (TPSA) is 75.5 Å². The second-order valence-corrected chi connectivity index (χ2v) is 3.68. The number of nitrogens with zero attached hydrogens (tertiary/aromatic N) is 2. The van der Waals surface area contributed by atoms with Crippen molar-refractivity contribution in [3.05, 3.63) is 70.8 Å². The molecule has 2 aromatic carbocycles. The summed E-state index contributed by atoms with van der Waals surface area (Å²) in [7, 11) is 0. The molecule has 0 unspecified atom stereocenters. The van der Waals surface area contributed by atoms with Gasteiger partial charge in [0.25, 0.3) is 0 Å². The highest BCUT2D eigenvalue weighted by atomic mass is 16.7. The van der Waals surface area contributed by atoms with Crippen LogP contribution in [0.15, 0.2) is 60.7 Å². The van der Waals surface area contributed by atoms with E-state index in [0.717, 1.165) is 0 Å². The van der Waals surface area contributed by atoms with Crippen molar-refractivity contribution in [1.29, 1.82) is 0 Å². The first-order valence-corrected chi connectivity index (χ1v) is 5.54. The lowest BCUT2D eigenvalue weighted by Gasteiger charge is -2.20. The van der Waals surface area contributed by atoms with Gasteiger partial charge in [-0.25, -0.2) is 14.9 Å². The molecule has 0 spiro atoms. The summed E-state index contributed by atoms with van der Waals surface area (Å²) >= 11 is 0. The fraction of sp³-hybridized carbons (Fsp3) is 0. The normalized spacial score (nSPS) is 9.68. The van der Waals surface area contributed by atoms with Crippen LogP contribution < -0.4 is 10.3 Å². The van der Waals surface area contributed by atoms with Crippen molar-refractivity contribution in [2.24, 2.45) is 0 Å². The quantitative estimate of drug-likeness (QED) is 0.678. The minimum absolute atomic E-state index is 0.549. The third-order valence-corrected chi connectivity index (χ3v) is 2.42. The third-order valence-electron chi connectivity index (χ3n) is 2.42. The number of carbonyl (C=O) groups excluding carboxylic acids is 1. The van der Waals surface area contributed by atoms with Crippen LogP contribution >= 0.6 is 0 Å². The Kier molecular flexibility index (Phi) is 3.72. The fourth-order valence-electron chi connectivity index (χ4n) is 1.67. The molecule has 6 heteroatoms. The van der Waals surface area contributed by atoms with Crippen LogP contribution in [0.25, 0.3) is 0 Å². The van der Waals surface area contributed by atoms with Crippen LogP contribution in [0.5, 0.6) is 0 Å². The Morgan fingerprint density at radius 3 is 1.74 bits per heavy atom. The number of nitrogens with one attached hydrogen (secondary N) is 1. The molecule has 0 saturated carbocycles. The van der Waals surface area contributed by atoms with Crippen LogP contribution in [0, 0.1) is 10.1 Å². The molecule has 6 nitrogen and oxygen atoms in total. The SMILES string of the molecule is O=C(N[N+](=O)[O-])N(c1ccccc1)c1ccccc1. The number of nitro groups is 1. The number of anilines is 2. The van der Waals surface area contributed by atoms with E-state index in [9.17, 15) is 14.9 Å². The molecule has 0 atom stereocenters. The average Bonchev–Trinajstić information content (AvgIpc) is 2.40. The van der Waals surface area contributed by atoms with Crippen molar-refractivity contribution in [2.75, 3.05) is 4.90 Å². The summed E-state index contributed by atoms with van der Waals surface area (Å²) in [5, 5.41) is 9.55. The summed E-state index contributed by atoms with van der Waals surface area (Å²) in [4.78, 5) is 23.6. The minimum atomic E-state index is -0.874. The molecular weight excluding hydrogens is 246 g/mol. The molecular formula is C13H11N3O3. The van der Waals surface area contributed by atoms with E-state index in [1.54, 1.807) is 66.1 Å². The van der Waals surface area contributed by atoms with Crippen molar-refractivity contribution in [3.63, 3.8) is 0 Å². The van der Waals surface area contributed by atoms with Crippen LogP contribution in [0.2, 0.25) is 0 Å². The van der Waals surface area contributed by atoms with Gasteiger partial charge in [-0.1, -0.05) is 36.4 Å². The second-order valence-electron chi connectivity index (χ2n) is 3.68. The van der Waals surface area contributed by atoms with Gasteiger partial charge in [-0.2, -0.15) is 0 Å². The van der Waals surface area contributed by atoms with Crippen LogP contribution in [0.1, 0.15) is 0 Å². The number of hydrogen-bond donors (Lipinski definition) is 1. The van der Waals surface area contributed by atoms with E-state index in [1.165, 1.54) is 4.90 Å². The maximum absolute atomic E-state index is 11.9. The predicted octanol–water partition coefficient (Wildman–Crippen LogP) is 2.73. The Bertz CT molecular complexity index is 533. The zero-order valence-corrected chi connectivity index (χ0v) is 9.89. The molecule has 2 aromatic rings. The summed E-state index contributed by atoms with van der Waals surface area (Å²) in [5.74, 6) is 0. The predicted molar refractivity (Wildman–Crippen MR) is 70.5 cm³/mol. The largest absolute Gasteiger partial charge is 0.384 e. The molecule has 0 bridgehead atoms. The van der Waals surface area contributed by atoms with Crippen molar-refractivity contribution in [3.8, 4) is 0 Å². The van der Waals surface area contributed by atoms with E-state index >= 15 is 0 Å². The smallest absolute Gasteiger partial charge is 0.259 e. The van der Waals surface area contributed by atoms with Gasteiger partial charge in [0.2, 0.25) is 0 Å². The molecule has 0 radical (unpaired) electrons. The molecule has 2 amide bonds. The van der Waals surface area contributed by atoms with Gasteiger partial charge in [0.15, 0.2) is 5.03 Å². The van der Waals surface area contributed by atoms with E-state index in [-0.39, 0.29) is 0 Å². The number of hydrazine groups is 1. The summed E-state index contributed by atoms with van der Waals surface area (Å²) in [6, 6.07) is 16.6. The van der Waals surface area contributed by atoms with E-state index in [1.807, 2.05) is 0 Å². The van der Waals surface area contributed by atoms with Gasteiger partial charge >= 0.3 is 6.03 Å². The first-order valence-electron chi connectivity index (χ1n) is 5.54. The molecule has 0 aliphatic heterocycles. The Hall–Kier alpha value is -2.89. The third kappa shape index (κ3) is 3.06. The second kappa shape index (κ2) is 5.63. The number of hydrogen-bond acceptors (Lipinski definition) is 3. The Labute approximate surface area is 109 Å². The summed E-state index contributed by atoms with van der Waals surface area (Å²) in [6.07, 6.45) is 0. The minimum Gasteiger partial charge on any atom is -0.259 e. The highest BCUT2D eigenvalue weighted by molar-refractivity contribution is 5.98. The first-order chi connectivity index (χ1) is 9.18. The van der Waals surface area contributed by atoms with Crippen molar-refractivity contribution in [2.45, 2.75) is 0 Å².